The van der Waals surface area contributed by atoms with E-state index in [0.29, 0.717) is 0 Å². The van der Waals surface area contributed by atoms with Gasteiger partial charge in [-0.05, 0) is 43.0 Å². The van der Waals surface area contributed by atoms with Crippen LogP contribution in [0.2, 0.25) is 0 Å². The molecule has 2 aromatic rings. The third-order valence-electron chi connectivity index (χ3n) is 4.45. The molecule has 1 aromatic heterocycles. The molecule has 5 nitrogen and oxygen atoms in total. The Morgan fingerprint density at radius 1 is 1.32 bits per heavy atom. The molecule has 3 heterocycles. The zero-order valence-corrected chi connectivity index (χ0v) is 13.3. The van der Waals surface area contributed by atoms with Crippen LogP contribution in [0.3, 0.4) is 0 Å². The first-order valence-electron chi connectivity index (χ1n) is 7.26. The van der Waals surface area contributed by atoms with Crippen LogP contribution in [0, 0.1) is 0 Å². The van der Waals surface area contributed by atoms with Gasteiger partial charge in [0.1, 0.15) is 0 Å². The van der Waals surface area contributed by atoms with Gasteiger partial charge in [-0.3, -0.25) is 9.88 Å². The van der Waals surface area contributed by atoms with Crippen LogP contribution < -0.4 is 0 Å². The molecule has 1 aromatic carbocycles. The average molecular weight is 360 g/mol. The standard InChI is InChI=1S/C16H14BrN3O2/c17-10-1-4-13-14(7-10)19-15(8-18-13)9-5-11-2-3-12(6-9)20(11)16(21)22/h1,4-5,7-8,11-12H,2-3,6H2,(H,21,22). The van der Waals surface area contributed by atoms with E-state index in [1.165, 1.54) is 0 Å². The molecule has 1 amide bonds. The molecule has 0 aliphatic carbocycles. The third-order valence-corrected chi connectivity index (χ3v) is 4.94. The van der Waals surface area contributed by atoms with Crippen molar-refractivity contribution in [1.82, 2.24) is 14.9 Å². The maximum absolute atomic E-state index is 11.3. The number of fused-ring (bicyclic) bond motifs is 3. The first kappa shape index (κ1) is 13.7. The molecule has 1 saturated heterocycles. The smallest absolute Gasteiger partial charge is 0.408 e. The number of halogens is 1. The maximum atomic E-state index is 11.3. The van der Waals surface area contributed by atoms with Gasteiger partial charge in [-0.15, -0.1) is 0 Å². The highest BCUT2D eigenvalue weighted by Crippen LogP contribution is 2.38. The van der Waals surface area contributed by atoms with E-state index in [-0.39, 0.29) is 12.1 Å². The Morgan fingerprint density at radius 3 is 2.95 bits per heavy atom. The quantitative estimate of drug-likeness (QED) is 0.842. The van der Waals surface area contributed by atoms with E-state index in [1.807, 2.05) is 24.3 Å². The number of carboxylic acid groups (broad SMARTS) is 1. The molecule has 0 spiro atoms. The van der Waals surface area contributed by atoms with Crippen LogP contribution in [-0.4, -0.2) is 38.2 Å². The van der Waals surface area contributed by atoms with Crippen molar-refractivity contribution in [1.29, 1.82) is 0 Å². The van der Waals surface area contributed by atoms with Crippen LogP contribution in [0.15, 0.2) is 34.9 Å². The lowest BCUT2D eigenvalue weighted by molar-refractivity contribution is 0.128. The summed E-state index contributed by atoms with van der Waals surface area (Å²) in [4.78, 5) is 22.1. The van der Waals surface area contributed by atoms with Crippen LogP contribution >= 0.6 is 15.9 Å². The number of rotatable bonds is 1. The van der Waals surface area contributed by atoms with Crippen molar-refractivity contribution >= 4 is 38.6 Å². The summed E-state index contributed by atoms with van der Waals surface area (Å²) in [5.74, 6) is 0. The number of hydrogen-bond acceptors (Lipinski definition) is 3. The van der Waals surface area contributed by atoms with Gasteiger partial charge < -0.3 is 5.11 Å². The zero-order valence-electron chi connectivity index (χ0n) is 11.7. The number of nitrogens with zero attached hydrogens (tertiary/aromatic N) is 3. The minimum Gasteiger partial charge on any atom is -0.465 e. The highest BCUT2D eigenvalue weighted by molar-refractivity contribution is 9.10. The van der Waals surface area contributed by atoms with Crippen molar-refractivity contribution in [2.45, 2.75) is 31.3 Å². The number of carbonyl (C=O) groups is 1. The van der Waals surface area contributed by atoms with Crippen molar-refractivity contribution in [3.8, 4) is 0 Å². The average Bonchev–Trinajstić information content (AvgIpc) is 2.77. The highest BCUT2D eigenvalue weighted by atomic mass is 79.9. The minimum absolute atomic E-state index is 0.0220. The molecule has 4 rings (SSSR count). The Balaban J connectivity index is 1.74. The van der Waals surface area contributed by atoms with E-state index < -0.39 is 6.09 Å². The maximum Gasteiger partial charge on any atom is 0.408 e. The van der Waals surface area contributed by atoms with Crippen LogP contribution in [0.1, 0.15) is 25.0 Å². The fraction of sp³-hybridized carbons (Fsp3) is 0.312. The summed E-state index contributed by atoms with van der Waals surface area (Å²) >= 11 is 3.45. The molecular formula is C16H14BrN3O2. The molecule has 2 unspecified atom stereocenters. The van der Waals surface area contributed by atoms with Crippen LogP contribution in [-0.2, 0) is 0 Å². The molecule has 2 bridgehead atoms. The summed E-state index contributed by atoms with van der Waals surface area (Å²) in [5, 5.41) is 9.31. The Kier molecular flexibility index (Phi) is 3.14. The lowest BCUT2D eigenvalue weighted by atomic mass is 9.99. The fourth-order valence-corrected chi connectivity index (χ4v) is 3.81. The topological polar surface area (TPSA) is 66.3 Å². The fourth-order valence-electron chi connectivity index (χ4n) is 3.46. The van der Waals surface area contributed by atoms with E-state index >= 15 is 0 Å². The van der Waals surface area contributed by atoms with Gasteiger partial charge in [-0.1, -0.05) is 22.0 Å². The van der Waals surface area contributed by atoms with Gasteiger partial charge in [0, 0.05) is 10.5 Å². The predicted octanol–water partition coefficient (Wildman–Crippen LogP) is 3.69. The monoisotopic (exact) mass is 359 g/mol. The van der Waals surface area contributed by atoms with Gasteiger partial charge in [-0.2, -0.15) is 0 Å². The van der Waals surface area contributed by atoms with E-state index in [1.54, 1.807) is 11.1 Å². The number of aromatic nitrogens is 2. The number of amides is 1. The predicted molar refractivity (Wildman–Crippen MR) is 86.5 cm³/mol. The zero-order chi connectivity index (χ0) is 15.3. The van der Waals surface area contributed by atoms with Gasteiger partial charge >= 0.3 is 6.09 Å². The first-order chi connectivity index (χ1) is 10.6. The van der Waals surface area contributed by atoms with Crippen molar-refractivity contribution in [3.63, 3.8) is 0 Å². The van der Waals surface area contributed by atoms with Gasteiger partial charge in [0.05, 0.1) is 29.0 Å². The SMILES string of the molecule is O=C(O)N1C2C=C(c3cnc4ccc(Br)cc4n3)CC1CC2. The van der Waals surface area contributed by atoms with Crippen molar-refractivity contribution in [2.75, 3.05) is 0 Å². The molecular weight excluding hydrogens is 346 g/mol. The molecule has 2 aliphatic heterocycles. The molecule has 2 aliphatic rings. The van der Waals surface area contributed by atoms with E-state index in [0.717, 1.165) is 46.0 Å². The molecule has 0 radical (unpaired) electrons. The first-order valence-corrected chi connectivity index (χ1v) is 8.06. The van der Waals surface area contributed by atoms with E-state index in [9.17, 15) is 9.90 Å². The summed E-state index contributed by atoms with van der Waals surface area (Å²) in [6, 6.07) is 5.88. The van der Waals surface area contributed by atoms with Crippen molar-refractivity contribution < 1.29 is 9.90 Å². The highest BCUT2D eigenvalue weighted by Gasteiger charge is 2.40. The summed E-state index contributed by atoms with van der Waals surface area (Å²) in [6.45, 7) is 0. The molecule has 6 heteroatoms. The van der Waals surface area contributed by atoms with Gasteiger partial charge in [0.2, 0.25) is 0 Å². The summed E-state index contributed by atoms with van der Waals surface area (Å²) in [6.07, 6.45) is 5.55. The lowest BCUT2D eigenvalue weighted by Gasteiger charge is -2.31. The lowest BCUT2D eigenvalue weighted by Crippen LogP contribution is -2.42. The molecule has 1 N–H and O–H groups in total. The second-order valence-corrected chi connectivity index (χ2v) is 6.69. The largest absolute Gasteiger partial charge is 0.465 e. The van der Waals surface area contributed by atoms with Crippen LogP contribution in [0.25, 0.3) is 16.6 Å². The summed E-state index contributed by atoms with van der Waals surface area (Å²) in [7, 11) is 0. The Bertz CT molecular complexity index is 805. The van der Waals surface area contributed by atoms with E-state index in [4.69, 9.17) is 4.98 Å². The molecule has 22 heavy (non-hydrogen) atoms. The van der Waals surface area contributed by atoms with Crippen LogP contribution in [0.4, 0.5) is 4.79 Å². The van der Waals surface area contributed by atoms with Crippen LogP contribution in [0.5, 0.6) is 0 Å². The Labute approximate surface area is 135 Å². The molecule has 1 fully saturated rings. The van der Waals surface area contributed by atoms with E-state index in [2.05, 4.69) is 20.9 Å². The molecule has 112 valence electrons. The Hall–Kier alpha value is -1.95. The second-order valence-electron chi connectivity index (χ2n) is 5.77. The number of benzene rings is 1. The van der Waals surface area contributed by atoms with Gasteiger partial charge in [0.15, 0.2) is 0 Å². The van der Waals surface area contributed by atoms with Crippen molar-refractivity contribution in [2.24, 2.45) is 0 Å². The van der Waals surface area contributed by atoms with Gasteiger partial charge in [0.25, 0.3) is 0 Å². The van der Waals surface area contributed by atoms with Gasteiger partial charge in [-0.25, -0.2) is 9.78 Å². The molecule has 0 saturated carbocycles. The summed E-state index contributed by atoms with van der Waals surface area (Å²) in [5.41, 5.74) is 3.67. The minimum atomic E-state index is -0.823. The third kappa shape index (κ3) is 2.18. The number of hydrogen-bond donors (Lipinski definition) is 1. The summed E-state index contributed by atoms with van der Waals surface area (Å²) < 4.78 is 0.973. The normalized spacial score (nSPS) is 23.7. The second kappa shape index (κ2) is 5.05. The molecule has 2 atom stereocenters. The Morgan fingerprint density at radius 2 is 2.18 bits per heavy atom. The van der Waals surface area contributed by atoms with Crippen molar-refractivity contribution in [3.05, 3.63) is 40.6 Å².